The second-order valence-electron chi connectivity index (χ2n) is 6.09. The molecule has 0 bridgehead atoms. The van der Waals surface area contributed by atoms with Gasteiger partial charge in [0.15, 0.2) is 0 Å². The van der Waals surface area contributed by atoms with Crippen LogP contribution in [-0.4, -0.2) is 42.4 Å². The highest BCUT2D eigenvalue weighted by Crippen LogP contribution is 2.22. The van der Waals surface area contributed by atoms with Gasteiger partial charge in [0.25, 0.3) is 0 Å². The van der Waals surface area contributed by atoms with Crippen LogP contribution >= 0.6 is 0 Å². The van der Waals surface area contributed by atoms with Gasteiger partial charge in [-0.25, -0.2) is 0 Å². The van der Waals surface area contributed by atoms with Gasteiger partial charge in [-0.2, -0.15) is 0 Å². The Kier molecular flexibility index (Phi) is 3.92. The average Bonchev–Trinajstić information content (AvgIpc) is 3.17. The van der Waals surface area contributed by atoms with E-state index >= 15 is 0 Å². The smallest absolute Gasteiger partial charge is 0.238 e. The number of nitrogens with zero attached hydrogens (tertiary/aromatic N) is 1. The molecule has 2 N–H and O–H groups in total. The molecule has 1 saturated heterocycles. The third-order valence-electron chi connectivity index (χ3n) is 3.92. The van der Waals surface area contributed by atoms with Crippen LogP contribution in [0.3, 0.4) is 0 Å². The number of benzene rings is 1. The minimum absolute atomic E-state index is 0.0262. The van der Waals surface area contributed by atoms with Crippen molar-refractivity contribution in [2.45, 2.75) is 25.8 Å². The number of amides is 2. The molecule has 2 fully saturated rings. The van der Waals surface area contributed by atoms with Crippen LogP contribution in [-0.2, 0) is 9.59 Å². The van der Waals surface area contributed by atoms with Crippen molar-refractivity contribution in [1.82, 2.24) is 10.2 Å². The number of anilines is 1. The number of likely N-dealkylation sites (tertiary alicyclic amines) is 1. The van der Waals surface area contributed by atoms with Gasteiger partial charge >= 0.3 is 0 Å². The summed E-state index contributed by atoms with van der Waals surface area (Å²) < 4.78 is 0. The summed E-state index contributed by atoms with van der Waals surface area (Å²) in [6, 6.07) is 8.16. The number of carbonyl (C=O) groups excluding carboxylic acids is 2. The number of carbonyl (C=O) groups is 2. The van der Waals surface area contributed by atoms with Gasteiger partial charge in [-0.3, -0.25) is 14.5 Å². The number of aryl methyl sites for hydroxylation is 1. The summed E-state index contributed by atoms with van der Waals surface area (Å²) in [5, 5.41) is 5.90. The predicted molar refractivity (Wildman–Crippen MR) is 80.9 cm³/mol. The molecule has 1 aromatic carbocycles. The van der Waals surface area contributed by atoms with Gasteiger partial charge in [0, 0.05) is 24.8 Å². The van der Waals surface area contributed by atoms with E-state index in [4.69, 9.17) is 0 Å². The van der Waals surface area contributed by atoms with E-state index in [-0.39, 0.29) is 17.7 Å². The Bertz CT molecular complexity index is 548. The summed E-state index contributed by atoms with van der Waals surface area (Å²) in [4.78, 5) is 25.7. The van der Waals surface area contributed by atoms with Gasteiger partial charge < -0.3 is 10.6 Å². The van der Waals surface area contributed by atoms with Crippen LogP contribution in [0.5, 0.6) is 0 Å². The lowest BCUT2D eigenvalue weighted by Gasteiger charge is -2.37. The Morgan fingerprint density at radius 3 is 2.71 bits per heavy atom. The van der Waals surface area contributed by atoms with Crippen LogP contribution in [0.25, 0.3) is 0 Å². The minimum atomic E-state index is -0.0262. The SMILES string of the molecule is Cc1cccc(NC(=O)CN2CC(C(=O)NC3CC3)C2)c1. The summed E-state index contributed by atoms with van der Waals surface area (Å²) in [5.74, 6) is 0.173. The number of hydrogen-bond donors (Lipinski definition) is 2. The van der Waals surface area contributed by atoms with Gasteiger partial charge in [0.2, 0.25) is 11.8 Å². The van der Waals surface area contributed by atoms with E-state index in [0.29, 0.717) is 25.7 Å². The summed E-state index contributed by atoms with van der Waals surface area (Å²) in [6.07, 6.45) is 2.22. The highest BCUT2D eigenvalue weighted by molar-refractivity contribution is 5.92. The van der Waals surface area contributed by atoms with E-state index in [0.717, 1.165) is 24.1 Å². The molecule has 1 aliphatic heterocycles. The molecule has 2 amide bonds. The van der Waals surface area contributed by atoms with Gasteiger partial charge in [-0.15, -0.1) is 0 Å². The first kappa shape index (κ1) is 14.1. The molecule has 2 aliphatic rings. The number of rotatable bonds is 5. The van der Waals surface area contributed by atoms with Crippen molar-refractivity contribution in [3.05, 3.63) is 29.8 Å². The largest absolute Gasteiger partial charge is 0.353 e. The molecule has 5 heteroatoms. The molecule has 0 aromatic heterocycles. The van der Waals surface area contributed by atoms with Crippen molar-refractivity contribution in [3.8, 4) is 0 Å². The Labute approximate surface area is 124 Å². The second kappa shape index (κ2) is 5.85. The van der Waals surface area contributed by atoms with E-state index in [9.17, 15) is 9.59 Å². The quantitative estimate of drug-likeness (QED) is 0.854. The molecule has 1 heterocycles. The monoisotopic (exact) mass is 287 g/mol. The van der Waals surface area contributed by atoms with Crippen LogP contribution in [0, 0.1) is 12.8 Å². The van der Waals surface area contributed by atoms with Gasteiger partial charge in [-0.05, 0) is 37.5 Å². The lowest BCUT2D eigenvalue weighted by atomic mass is 9.99. The zero-order valence-electron chi connectivity index (χ0n) is 12.3. The molecular formula is C16H21N3O2. The molecule has 0 atom stereocenters. The van der Waals surface area contributed by atoms with Gasteiger partial charge in [0.05, 0.1) is 12.5 Å². The molecule has 0 unspecified atom stereocenters. The highest BCUT2D eigenvalue weighted by Gasteiger charge is 2.35. The maximum atomic E-state index is 11.9. The summed E-state index contributed by atoms with van der Waals surface area (Å²) in [6.45, 7) is 3.70. The first-order chi connectivity index (χ1) is 10.1. The van der Waals surface area contributed by atoms with E-state index in [1.807, 2.05) is 36.1 Å². The van der Waals surface area contributed by atoms with Crippen molar-refractivity contribution in [2.75, 3.05) is 25.0 Å². The molecule has 1 aromatic rings. The topological polar surface area (TPSA) is 61.4 Å². The zero-order valence-corrected chi connectivity index (χ0v) is 12.3. The maximum absolute atomic E-state index is 11.9. The van der Waals surface area contributed by atoms with Gasteiger partial charge in [0.1, 0.15) is 0 Å². The third kappa shape index (κ3) is 3.82. The van der Waals surface area contributed by atoms with Crippen molar-refractivity contribution < 1.29 is 9.59 Å². The van der Waals surface area contributed by atoms with Crippen LogP contribution in [0.2, 0.25) is 0 Å². The van der Waals surface area contributed by atoms with E-state index in [1.54, 1.807) is 0 Å². The average molecular weight is 287 g/mol. The van der Waals surface area contributed by atoms with Gasteiger partial charge in [-0.1, -0.05) is 12.1 Å². The molecule has 3 rings (SSSR count). The molecular weight excluding hydrogens is 266 g/mol. The van der Waals surface area contributed by atoms with E-state index in [2.05, 4.69) is 10.6 Å². The fraction of sp³-hybridized carbons (Fsp3) is 0.500. The number of nitrogens with one attached hydrogen (secondary N) is 2. The van der Waals surface area contributed by atoms with Crippen molar-refractivity contribution in [1.29, 1.82) is 0 Å². The fourth-order valence-corrected chi connectivity index (χ4v) is 2.54. The minimum Gasteiger partial charge on any atom is -0.353 e. The normalized spacial score (nSPS) is 18.9. The van der Waals surface area contributed by atoms with Crippen molar-refractivity contribution >= 4 is 17.5 Å². The maximum Gasteiger partial charge on any atom is 0.238 e. The van der Waals surface area contributed by atoms with Crippen molar-refractivity contribution in [2.24, 2.45) is 5.92 Å². The molecule has 1 saturated carbocycles. The first-order valence-electron chi connectivity index (χ1n) is 7.49. The van der Waals surface area contributed by atoms with Crippen LogP contribution in [0.1, 0.15) is 18.4 Å². The standard InChI is InChI=1S/C16H21N3O2/c1-11-3-2-4-14(7-11)17-15(20)10-19-8-12(9-19)16(21)18-13-5-6-13/h2-4,7,12-13H,5-6,8-10H2,1H3,(H,17,20)(H,18,21). The fourth-order valence-electron chi connectivity index (χ4n) is 2.54. The Hall–Kier alpha value is -1.88. The molecule has 112 valence electrons. The van der Waals surface area contributed by atoms with Crippen LogP contribution in [0.15, 0.2) is 24.3 Å². The first-order valence-corrected chi connectivity index (χ1v) is 7.49. The summed E-state index contributed by atoms with van der Waals surface area (Å²) >= 11 is 0. The molecule has 0 spiro atoms. The zero-order chi connectivity index (χ0) is 14.8. The Morgan fingerprint density at radius 2 is 2.05 bits per heavy atom. The highest BCUT2D eigenvalue weighted by atomic mass is 16.2. The second-order valence-corrected chi connectivity index (χ2v) is 6.09. The lowest BCUT2D eigenvalue weighted by molar-refractivity contribution is -0.132. The lowest BCUT2D eigenvalue weighted by Crippen LogP contribution is -2.55. The van der Waals surface area contributed by atoms with Crippen LogP contribution in [0.4, 0.5) is 5.69 Å². The predicted octanol–water partition coefficient (Wildman–Crippen LogP) is 1.14. The molecule has 5 nitrogen and oxygen atoms in total. The Morgan fingerprint density at radius 1 is 1.29 bits per heavy atom. The van der Waals surface area contributed by atoms with Crippen LogP contribution < -0.4 is 10.6 Å². The van der Waals surface area contributed by atoms with Crippen molar-refractivity contribution in [3.63, 3.8) is 0 Å². The molecule has 0 radical (unpaired) electrons. The number of hydrogen-bond acceptors (Lipinski definition) is 3. The van der Waals surface area contributed by atoms with E-state index < -0.39 is 0 Å². The summed E-state index contributed by atoms with van der Waals surface area (Å²) in [5.41, 5.74) is 1.94. The molecule has 21 heavy (non-hydrogen) atoms. The summed E-state index contributed by atoms with van der Waals surface area (Å²) in [7, 11) is 0. The third-order valence-corrected chi connectivity index (χ3v) is 3.92. The van der Waals surface area contributed by atoms with E-state index in [1.165, 1.54) is 0 Å². The molecule has 1 aliphatic carbocycles. The Balaban J connectivity index is 1.39.